The molecule has 0 aromatic heterocycles. The molecule has 1 N–H and O–H groups in total. The van der Waals surface area contributed by atoms with Gasteiger partial charge in [-0.25, -0.2) is 8.42 Å². The third kappa shape index (κ3) is 13.2. The van der Waals surface area contributed by atoms with E-state index in [2.05, 4.69) is 0 Å². The van der Waals surface area contributed by atoms with Crippen LogP contribution in [-0.2, 0) is 9.84 Å². The van der Waals surface area contributed by atoms with Crippen LogP contribution < -0.4 is 29.6 Å². The van der Waals surface area contributed by atoms with Crippen molar-refractivity contribution in [1.29, 1.82) is 0 Å². The third-order valence-corrected chi connectivity index (χ3v) is 3.46. The summed E-state index contributed by atoms with van der Waals surface area (Å²) in [5, 5.41) is 8.32. The second kappa shape index (κ2) is 11.3. The number of sulfone groups is 1. The van der Waals surface area contributed by atoms with Crippen molar-refractivity contribution in [2.45, 2.75) is 6.42 Å². The SMILES string of the molecule is O=S(=O)(CCCO)CCS[O-].[CH3-].[Na+]. The first kappa shape index (κ1) is 19.7. The van der Waals surface area contributed by atoms with Crippen molar-refractivity contribution in [3.8, 4) is 0 Å². The number of aliphatic hydroxyl groups excluding tert-OH is 1. The van der Waals surface area contributed by atoms with Crippen molar-refractivity contribution in [2.24, 2.45) is 0 Å². The zero-order valence-corrected chi connectivity index (χ0v) is 11.7. The van der Waals surface area contributed by atoms with Gasteiger partial charge in [-0.1, -0.05) is 0 Å². The molecule has 0 heterocycles. The van der Waals surface area contributed by atoms with Gasteiger partial charge in [-0.05, 0) is 12.2 Å². The molecule has 7 heteroatoms. The molecule has 0 spiro atoms. The minimum absolute atomic E-state index is 0. The van der Waals surface area contributed by atoms with Gasteiger partial charge in [-0.2, -0.15) is 0 Å². The Balaban J connectivity index is -0.000000500. The van der Waals surface area contributed by atoms with Gasteiger partial charge in [0.05, 0.1) is 11.5 Å². The molecule has 0 radical (unpaired) electrons. The van der Waals surface area contributed by atoms with E-state index in [4.69, 9.17) is 5.11 Å². The van der Waals surface area contributed by atoms with Gasteiger partial charge in [-0.3, -0.25) is 12.0 Å². The summed E-state index contributed by atoms with van der Waals surface area (Å²) >= 11 is 0.270. The summed E-state index contributed by atoms with van der Waals surface area (Å²) in [4.78, 5) is 0. The zero-order valence-electron chi connectivity index (χ0n) is 8.02. The van der Waals surface area contributed by atoms with Gasteiger partial charge < -0.3 is 17.1 Å². The average Bonchev–Trinajstić information content (AvgIpc) is 1.97. The maximum atomic E-state index is 10.9. The van der Waals surface area contributed by atoms with Crippen molar-refractivity contribution in [2.75, 3.05) is 23.9 Å². The number of hydrogen-bond acceptors (Lipinski definition) is 5. The maximum absolute atomic E-state index is 10.9. The maximum Gasteiger partial charge on any atom is 1.00 e. The van der Waals surface area contributed by atoms with E-state index in [0.29, 0.717) is 0 Å². The largest absolute Gasteiger partial charge is 1.00 e. The smallest absolute Gasteiger partial charge is 0.799 e. The van der Waals surface area contributed by atoms with Crippen LogP contribution in [0.25, 0.3) is 0 Å². The second-order valence-corrected chi connectivity index (χ2v) is 5.00. The van der Waals surface area contributed by atoms with Crippen LogP contribution in [0.3, 0.4) is 0 Å². The Hall–Kier alpha value is 1.22. The first-order valence-corrected chi connectivity index (χ1v) is 5.91. The van der Waals surface area contributed by atoms with Gasteiger partial charge in [0.25, 0.3) is 0 Å². The van der Waals surface area contributed by atoms with Crippen LogP contribution in [0.4, 0.5) is 0 Å². The normalized spacial score (nSPS) is 10.0. The number of hydrogen-bond donors (Lipinski definition) is 1. The van der Waals surface area contributed by atoms with Gasteiger partial charge in [0.1, 0.15) is 0 Å². The summed E-state index contributed by atoms with van der Waals surface area (Å²) < 4.78 is 31.6. The first-order valence-electron chi connectivity index (χ1n) is 3.18. The summed E-state index contributed by atoms with van der Waals surface area (Å²) in [6.07, 6.45) is 0.256. The molecule has 0 aromatic carbocycles. The zero-order chi connectivity index (χ0) is 8.74. The van der Waals surface area contributed by atoms with Gasteiger partial charge >= 0.3 is 29.6 Å². The Morgan fingerprint density at radius 2 is 1.85 bits per heavy atom. The standard InChI is InChI=1S/C5H12O4S2.CH3.Na/c6-2-1-4-11(8,9)5-3-10-7;;/h6-7H,1-5H2;1H3;/q;-1;+1/p-1. The van der Waals surface area contributed by atoms with E-state index in [0.717, 1.165) is 0 Å². The van der Waals surface area contributed by atoms with E-state index in [1.807, 2.05) is 0 Å². The molecule has 0 saturated carbocycles. The van der Waals surface area contributed by atoms with E-state index in [1.54, 1.807) is 0 Å². The van der Waals surface area contributed by atoms with E-state index in [9.17, 15) is 13.0 Å². The molecule has 0 aliphatic rings. The Morgan fingerprint density at radius 3 is 2.23 bits per heavy atom. The Bertz CT molecular complexity index is 167. The van der Waals surface area contributed by atoms with Crippen LogP contribution in [0, 0.1) is 7.43 Å². The van der Waals surface area contributed by atoms with Crippen LogP contribution in [0.1, 0.15) is 6.42 Å². The van der Waals surface area contributed by atoms with E-state index in [1.165, 1.54) is 0 Å². The minimum Gasteiger partial charge on any atom is -0.799 e. The molecule has 13 heavy (non-hydrogen) atoms. The number of aliphatic hydroxyl groups is 1. The Labute approximate surface area is 107 Å². The summed E-state index contributed by atoms with van der Waals surface area (Å²) in [7, 11) is -3.09. The van der Waals surface area contributed by atoms with Crippen molar-refractivity contribution in [3.05, 3.63) is 7.43 Å². The van der Waals surface area contributed by atoms with Crippen LogP contribution in [0.5, 0.6) is 0 Å². The first-order chi connectivity index (χ1) is 5.12. The van der Waals surface area contributed by atoms with E-state index in [-0.39, 0.29) is 79.3 Å². The topological polar surface area (TPSA) is 77.4 Å². The molecule has 0 unspecified atom stereocenters. The van der Waals surface area contributed by atoms with Crippen molar-refractivity contribution in [1.82, 2.24) is 0 Å². The molecule has 0 bridgehead atoms. The quantitative estimate of drug-likeness (QED) is 0.305. The van der Waals surface area contributed by atoms with Gasteiger partial charge in [0.2, 0.25) is 0 Å². The van der Waals surface area contributed by atoms with Gasteiger partial charge in [0, 0.05) is 6.61 Å². The fourth-order valence-corrected chi connectivity index (χ4v) is 2.61. The molecule has 4 nitrogen and oxygen atoms in total. The summed E-state index contributed by atoms with van der Waals surface area (Å²) in [6.45, 7) is -0.121. The molecular formula is C6H14NaO4S2-. The third-order valence-electron chi connectivity index (χ3n) is 1.09. The molecule has 0 atom stereocenters. The van der Waals surface area contributed by atoms with Crippen molar-refractivity contribution >= 4 is 21.9 Å². The minimum atomic E-state index is -3.09. The molecule has 0 aromatic rings. The van der Waals surface area contributed by atoms with Crippen molar-refractivity contribution < 1.29 is 47.6 Å². The van der Waals surface area contributed by atoms with E-state index >= 15 is 0 Å². The Kier molecular flexibility index (Phi) is 17.2. The predicted molar refractivity (Wildman–Crippen MR) is 50.0 cm³/mol. The molecule has 0 rings (SSSR count). The fourth-order valence-electron chi connectivity index (χ4n) is 0.548. The molecular weight excluding hydrogens is 223 g/mol. The second-order valence-electron chi connectivity index (χ2n) is 2.05. The molecule has 0 fully saturated rings. The van der Waals surface area contributed by atoms with Crippen molar-refractivity contribution in [3.63, 3.8) is 0 Å². The van der Waals surface area contributed by atoms with Crippen LogP contribution in [0.2, 0.25) is 0 Å². The summed E-state index contributed by atoms with van der Waals surface area (Å²) in [6, 6.07) is 0. The van der Waals surface area contributed by atoms with Crippen LogP contribution >= 0.6 is 12.0 Å². The monoisotopic (exact) mass is 237 g/mol. The molecule has 0 aliphatic carbocycles. The molecule has 0 saturated heterocycles. The number of rotatable bonds is 6. The van der Waals surface area contributed by atoms with Gasteiger partial charge in [-0.15, -0.1) is 0 Å². The average molecular weight is 237 g/mol. The van der Waals surface area contributed by atoms with Crippen LogP contribution in [0.15, 0.2) is 0 Å². The fraction of sp³-hybridized carbons (Fsp3) is 0.833. The van der Waals surface area contributed by atoms with E-state index < -0.39 is 9.84 Å². The predicted octanol–water partition coefficient (Wildman–Crippen LogP) is -2.90. The summed E-state index contributed by atoms with van der Waals surface area (Å²) in [5.74, 6) is -0.0149. The molecule has 76 valence electrons. The van der Waals surface area contributed by atoms with Crippen LogP contribution in [-0.4, -0.2) is 41.9 Å². The Morgan fingerprint density at radius 1 is 1.31 bits per heavy atom. The summed E-state index contributed by atoms with van der Waals surface area (Å²) in [5.41, 5.74) is 0. The molecule has 0 amide bonds. The molecule has 0 aliphatic heterocycles. The van der Waals surface area contributed by atoms with Gasteiger partial charge in [0.15, 0.2) is 9.84 Å².